The first-order valence-corrected chi connectivity index (χ1v) is 9.18. The lowest BCUT2D eigenvalue weighted by Crippen LogP contribution is -2.44. The predicted octanol–water partition coefficient (Wildman–Crippen LogP) is 3.68. The number of nitrogens with zero attached hydrogens (tertiary/aromatic N) is 2. The molecule has 0 spiro atoms. The molecule has 28 heavy (non-hydrogen) atoms. The summed E-state index contributed by atoms with van der Waals surface area (Å²) < 4.78 is 5.85. The molecule has 1 aromatic heterocycles. The second-order valence-corrected chi connectivity index (χ2v) is 6.94. The summed E-state index contributed by atoms with van der Waals surface area (Å²) in [6, 6.07) is 12.5. The number of pyridine rings is 1. The van der Waals surface area contributed by atoms with Crippen LogP contribution in [0, 0.1) is 0 Å². The van der Waals surface area contributed by atoms with Crippen molar-refractivity contribution in [1.82, 2.24) is 4.98 Å². The lowest BCUT2D eigenvalue weighted by molar-refractivity contribution is -0.121. The van der Waals surface area contributed by atoms with Gasteiger partial charge in [0.2, 0.25) is 0 Å². The van der Waals surface area contributed by atoms with Crippen molar-refractivity contribution >= 4 is 28.3 Å². The Labute approximate surface area is 162 Å². The molecule has 0 aliphatic carbocycles. The maximum atomic E-state index is 13.0. The van der Waals surface area contributed by atoms with E-state index in [1.165, 1.54) is 6.07 Å². The lowest BCUT2D eigenvalue weighted by atomic mass is 9.95. The zero-order valence-electron chi connectivity index (χ0n) is 15.5. The van der Waals surface area contributed by atoms with Gasteiger partial charge in [-0.05, 0) is 55.7 Å². The third-order valence-corrected chi connectivity index (χ3v) is 5.12. The van der Waals surface area contributed by atoms with E-state index >= 15 is 0 Å². The number of fused-ring (bicyclic) bond motifs is 2. The van der Waals surface area contributed by atoms with Gasteiger partial charge in [0.15, 0.2) is 6.61 Å². The van der Waals surface area contributed by atoms with Crippen molar-refractivity contribution in [3.63, 3.8) is 0 Å². The van der Waals surface area contributed by atoms with Crippen molar-refractivity contribution in [2.24, 2.45) is 0 Å². The molecule has 2 aromatic carbocycles. The van der Waals surface area contributed by atoms with E-state index in [0.717, 1.165) is 34.9 Å². The monoisotopic (exact) mass is 376 g/mol. The highest BCUT2D eigenvalue weighted by Gasteiger charge is 2.29. The molecule has 1 atom stereocenters. The molecule has 6 nitrogen and oxygen atoms in total. The first-order valence-electron chi connectivity index (χ1n) is 9.18. The number of ether oxygens (including phenoxy) is 1. The van der Waals surface area contributed by atoms with Crippen LogP contribution in [0.3, 0.4) is 0 Å². The van der Waals surface area contributed by atoms with E-state index in [0.29, 0.717) is 5.75 Å². The highest BCUT2D eigenvalue weighted by Crippen LogP contribution is 2.32. The van der Waals surface area contributed by atoms with Crippen molar-refractivity contribution in [3.05, 3.63) is 66.0 Å². The van der Waals surface area contributed by atoms with Crippen molar-refractivity contribution in [2.75, 3.05) is 11.5 Å². The van der Waals surface area contributed by atoms with Crippen molar-refractivity contribution in [1.29, 1.82) is 0 Å². The summed E-state index contributed by atoms with van der Waals surface area (Å²) in [6.45, 7) is 1.90. The van der Waals surface area contributed by atoms with Crippen LogP contribution in [0.4, 0.5) is 5.69 Å². The molecule has 0 radical (unpaired) electrons. The summed E-state index contributed by atoms with van der Waals surface area (Å²) in [5.41, 5.74) is 1.88. The van der Waals surface area contributed by atoms with Crippen LogP contribution in [0.1, 0.15) is 29.3 Å². The third-order valence-electron chi connectivity index (χ3n) is 5.12. The van der Waals surface area contributed by atoms with Crippen molar-refractivity contribution in [2.45, 2.75) is 25.8 Å². The minimum Gasteiger partial charge on any atom is -0.483 e. The largest absolute Gasteiger partial charge is 0.483 e. The van der Waals surface area contributed by atoms with Gasteiger partial charge in [-0.25, -0.2) is 4.79 Å². The highest BCUT2D eigenvalue weighted by atomic mass is 16.5. The van der Waals surface area contributed by atoms with Crippen LogP contribution < -0.4 is 9.64 Å². The van der Waals surface area contributed by atoms with Gasteiger partial charge >= 0.3 is 5.97 Å². The van der Waals surface area contributed by atoms with Gasteiger partial charge in [-0.2, -0.15) is 0 Å². The Morgan fingerprint density at radius 3 is 2.93 bits per heavy atom. The Balaban J connectivity index is 1.57. The average molecular weight is 376 g/mol. The Morgan fingerprint density at radius 2 is 2.11 bits per heavy atom. The topological polar surface area (TPSA) is 79.7 Å². The van der Waals surface area contributed by atoms with E-state index in [4.69, 9.17) is 4.74 Å². The van der Waals surface area contributed by atoms with Gasteiger partial charge in [0.05, 0.1) is 5.56 Å². The molecule has 1 unspecified atom stereocenters. The Hall–Kier alpha value is -3.41. The molecule has 1 aliphatic rings. The van der Waals surface area contributed by atoms with Gasteiger partial charge < -0.3 is 14.7 Å². The molecule has 3 aromatic rings. The lowest BCUT2D eigenvalue weighted by Gasteiger charge is -2.35. The fourth-order valence-corrected chi connectivity index (χ4v) is 3.69. The summed E-state index contributed by atoms with van der Waals surface area (Å²) in [5.74, 6) is -0.477. The summed E-state index contributed by atoms with van der Waals surface area (Å²) in [6.07, 6.45) is 4.98. The number of carboxylic acid groups (broad SMARTS) is 1. The third kappa shape index (κ3) is 3.29. The molecule has 0 bridgehead atoms. The van der Waals surface area contributed by atoms with Crippen LogP contribution in [0.25, 0.3) is 10.8 Å². The van der Waals surface area contributed by atoms with E-state index in [1.54, 1.807) is 29.4 Å². The molecule has 2 heterocycles. The Kier molecular flexibility index (Phi) is 4.69. The summed E-state index contributed by atoms with van der Waals surface area (Å²) in [5, 5.41) is 11.1. The van der Waals surface area contributed by atoms with Crippen LogP contribution in [0.15, 0.2) is 54.9 Å². The maximum absolute atomic E-state index is 13.0. The number of aromatic carboxylic acids is 1. The fraction of sp³-hybridized carbons (Fsp3) is 0.227. The predicted molar refractivity (Wildman–Crippen MR) is 106 cm³/mol. The highest BCUT2D eigenvalue weighted by molar-refractivity contribution is 5.97. The second-order valence-electron chi connectivity index (χ2n) is 6.94. The fourth-order valence-electron chi connectivity index (χ4n) is 3.69. The quantitative estimate of drug-likeness (QED) is 0.751. The van der Waals surface area contributed by atoms with Gasteiger partial charge in [-0.1, -0.05) is 12.1 Å². The number of carbonyl (C=O) groups excluding carboxylic acids is 1. The minimum absolute atomic E-state index is 0.0241. The number of aromatic nitrogens is 1. The summed E-state index contributed by atoms with van der Waals surface area (Å²) in [4.78, 5) is 30.0. The standard InChI is InChI=1S/C22H20N2O4/c1-14-5-6-15-11-16(22(26)27)7-8-19(15)24(14)21(25)13-28-20-4-2-3-17-12-23-10-9-18(17)20/h2-4,7-12,14H,5-6,13H2,1H3,(H,26,27). The first-order chi connectivity index (χ1) is 13.5. The number of carboxylic acids is 1. The number of amides is 1. The summed E-state index contributed by atoms with van der Waals surface area (Å²) in [7, 11) is 0. The smallest absolute Gasteiger partial charge is 0.335 e. The van der Waals surface area contributed by atoms with Crippen LogP contribution in [-0.4, -0.2) is 34.6 Å². The number of benzene rings is 2. The van der Waals surface area contributed by atoms with Crippen LogP contribution >= 0.6 is 0 Å². The molecule has 0 saturated carbocycles. The van der Waals surface area contributed by atoms with Crippen LogP contribution in [0.5, 0.6) is 5.75 Å². The van der Waals surface area contributed by atoms with Gasteiger partial charge in [0.1, 0.15) is 5.75 Å². The van der Waals surface area contributed by atoms with E-state index < -0.39 is 5.97 Å². The van der Waals surface area contributed by atoms with Gasteiger partial charge in [0, 0.05) is 34.9 Å². The molecule has 1 N–H and O–H groups in total. The van der Waals surface area contributed by atoms with Gasteiger partial charge in [0.25, 0.3) is 5.91 Å². The number of hydrogen-bond donors (Lipinski definition) is 1. The first kappa shape index (κ1) is 18.0. The molecule has 142 valence electrons. The molecule has 1 amide bonds. The maximum Gasteiger partial charge on any atom is 0.335 e. The average Bonchev–Trinajstić information content (AvgIpc) is 2.71. The normalized spacial score (nSPS) is 15.9. The van der Waals surface area contributed by atoms with E-state index in [1.807, 2.05) is 31.2 Å². The number of anilines is 1. The number of rotatable bonds is 4. The zero-order chi connectivity index (χ0) is 19.7. The minimum atomic E-state index is -0.965. The Morgan fingerprint density at radius 1 is 1.25 bits per heavy atom. The molecular weight excluding hydrogens is 356 g/mol. The second kappa shape index (κ2) is 7.31. The van der Waals surface area contributed by atoms with Crippen molar-refractivity contribution < 1.29 is 19.4 Å². The van der Waals surface area contributed by atoms with Gasteiger partial charge in [-0.15, -0.1) is 0 Å². The molecule has 0 saturated heterocycles. The SMILES string of the molecule is CC1CCc2cc(C(=O)O)ccc2N1C(=O)COc1cccc2cnccc12. The van der Waals surface area contributed by atoms with Gasteiger partial charge in [-0.3, -0.25) is 9.78 Å². The van der Waals surface area contributed by atoms with E-state index in [9.17, 15) is 14.7 Å². The number of carbonyl (C=O) groups is 2. The molecule has 0 fully saturated rings. The number of hydrogen-bond acceptors (Lipinski definition) is 4. The molecular formula is C22H20N2O4. The summed E-state index contributed by atoms with van der Waals surface area (Å²) >= 11 is 0. The Bertz CT molecular complexity index is 1060. The molecule has 4 rings (SSSR count). The van der Waals surface area contributed by atoms with Crippen LogP contribution in [0.2, 0.25) is 0 Å². The zero-order valence-corrected chi connectivity index (χ0v) is 15.5. The van der Waals surface area contributed by atoms with Crippen molar-refractivity contribution in [3.8, 4) is 5.75 Å². The van der Waals surface area contributed by atoms with E-state index in [2.05, 4.69) is 4.98 Å². The molecule has 1 aliphatic heterocycles. The van der Waals surface area contributed by atoms with Crippen LogP contribution in [-0.2, 0) is 11.2 Å². The van der Waals surface area contributed by atoms with E-state index in [-0.39, 0.29) is 24.1 Å². The molecule has 6 heteroatoms. The number of aryl methyl sites for hydroxylation is 1.